The fraction of sp³-hybridized carbons (Fsp3) is 0.318. The van der Waals surface area contributed by atoms with Gasteiger partial charge in [-0.15, -0.1) is 0 Å². The van der Waals surface area contributed by atoms with Gasteiger partial charge in [0.25, 0.3) is 5.89 Å². The van der Waals surface area contributed by atoms with Crippen LogP contribution in [0.4, 0.5) is 0 Å². The molecule has 164 valence electrons. The molecule has 3 rings (SSSR count). The van der Waals surface area contributed by atoms with E-state index >= 15 is 0 Å². The lowest BCUT2D eigenvalue weighted by atomic mass is 10.2. The van der Waals surface area contributed by atoms with Crippen LogP contribution in [-0.4, -0.2) is 36.9 Å². The highest BCUT2D eigenvalue weighted by Crippen LogP contribution is 2.31. The molecule has 1 heterocycles. The summed E-state index contributed by atoms with van der Waals surface area (Å²) in [5.41, 5.74) is 1.58. The second-order valence-corrected chi connectivity index (χ2v) is 7.04. The fourth-order valence-corrected chi connectivity index (χ4v) is 3.02. The zero-order chi connectivity index (χ0) is 22.2. The van der Waals surface area contributed by atoms with Crippen LogP contribution in [-0.2, 0) is 16.1 Å². The summed E-state index contributed by atoms with van der Waals surface area (Å²) in [5, 5.41) is 4.58. The van der Waals surface area contributed by atoms with Crippen LogP contribution in [0.2, 0.25) is 5.02 Å². The molecule has 9 heteroatoms. The summed E-state index contributed by atoms with van der Waals surface area (Å²) < 4.78 is 26.6. The minimum absolute atomic E-state index is 0.110. The first kappa shape index (κ1) is 22.4. The van der Waals surface area contributed by atoms with Gasteiger partial charge in [0.1, 0.15) is 17.2 Å². The van der Waals surface area contributed by atoms with Crippen molar-refractivity contribution in [3.8, 4) is 28.6 Å². The van der Waals surface area contributed by atoms with E-state index < -0.39 is 0 Å². The molecule has 0 amide bonds. The zero-order valence-corrected chi connectivity index (χ0v) is 18.3. The third-order valence-corrected chi connectivity index (χ3v) is 4.63. The van der Waals surface area contributed by atoms with E-state index in [4.69, 9.17) is 35.1 Å². The topological polar surface area (TPSA) is 92.9 Å². The first-order chi connectivity index (χ1) is 15.0. The Kier molecular flexibility index (Phi) is 7.72. The van der Waals surface area contributed by atoms with Gasteiger partial charge >= 0.3 is 5.97 Å². The van der Waals surface area contributed by atoms with Gasteiger partial charge in [0.15, 0.2) is 6.61 Å². The molecule has 3 aromatic rings. The van der Waals surface area contributed by atoms with E-state index in [1.807, 2.05) is 13.0 Å². The number of aromatic nitrogens is 2. The number of ether oxygens (including phenoxy) is 4. The predicted octanol–water partition coefficient (Wildman–Crippen LogP) is 4.62. The molecular formula is C22H23ClN2O6. The minimum Gasteiger partial charge on any atom is -0.497 e. The Bertz CT molecular complexity index is 1040. The lowest BCUT2D eigenvalue weighted by Crippen LogP contribution is -2.07. The Hall–Kier alpha value is -3.26. The summed E-state index contributed by atoms with van der Waals surface area (Å²) in [4.78, 5) is 16.2. The standard InChI is InChI=1S/C22H23ClN2O6/c1-14-11-15(23)6-9-18(14)29-10-4-5-21(26)30-13-20-24-22(25-31-20)17-8-7-16(27-2)12-19(17)28-3/h6-9,11-12H,4-5,10,13H2,1-3H3. The largest absolute Gasteiger partial charge is 0.497 e. The van der Waals surface area contributed by atoms with Crippen LogP contribution < -0.4 is 14.2 Å². The first-order valence-electron chi connectivity index (χ1n) is 9.59. The van der Waals surface area contributed by atoms with Gasteiger partial charge in [0, 0.05) is 17.5 Å². The van der Waals surface area contributed by atoms with E-state index in [1.54, 1.807) is 44.6 Å². The van der Waals surface area contributed by atoms with E-state index in [0.29, 0.717) is 40.9 Å². The number of nitrogens with zero attached hydrogens (tertiary/aromatic N) is 2. The van der Waals surface area contributed by atoms with Gasteiger partial charge in [-0.25, -0.2) is 0 Å². The number of halogens is 1. The van der Waals surface area contributed by atoms with Crippen molar-refractivity contribution in [1.82, 2.24) is 10.1 Å². The predicted molar refractivity (Wildman–Crippen MR) is 114 cm³/mol. The molecule has 0 atom stereocenters. The van der Waals surface area contributed by atoms with Gasteiger partial charge in [0.05, 0.1) is 26.4 Å². The maximum Gasteiger partial charge on any atom is 0.306 e. The van der Waals surface area contributed by atoms with Crippen LogP contribution in [0.25, 0.3) is 11.4 Å². The van der Waals surface area contributed by atoms with Crippen molar-refractivity contribution in [2.75, 3.05) is 20.8 Å². The zero-order valence-electron chi connectivity index (χ0n) is 17.5. The molecule has 1 aromatic heterocycles. The van der Waals surface area contributed by atoms with Crippen molar-refractivity contribution in [3.05, 3.63) is 52.9 Å². The van der Waals surface area contributed by atoms with Gasteiger partial charge in [-0.2, -0.15) is 4.98 Å². The molecule has 0 N–H and O–H groups in total. The number of esters is 1. The fourth-order valence-electron chi connectivity index (χ4n) is 2.79. The van der Waals surface area contributed by atoms with Crippen molar-refractivity contribution in [1.29, 1.82) is 0 Å². The Morgan fingerprint density at radius 3 is 2.68 bits per heavy atom. The molecule has 0 bridgehead atoms. The van der Waals surface area contributed by atoms with Crippen LogP contribution in [0.1, 0.15) is 24.3 Å². The van der Waals surface area contributed by atoms with Crippen molar-refractivity contribution >= 4 is 17.6 Å². The van der Waals surface area contributed by atoms with E-state index in [1.165, 1.54) is 0 Å². The Balaban J connectivity index is 1.45. The summed E-state index contributed by atoms with van der Waals surface area (Å²) in [7, 11) is 3.11. The number of aryl methyl sites for hydroxylation is 1. The number of hydrogen-bond acceptors (Lipinski definition) is 8. The highest BCUT2D eigenvalue weighted by molar-refractivity contribution is 6.30. The third-order valence-electron chi connectivity index (χ3n) is 4.39. The molecule has 31 heavy (non-hydrogen) atoms. The SMILES string of the molecule is COc1ccc(-c2noc(COC(=O)CCCOc3ccc(Cl)cc3C)n2)c(OC)c1. The van der Waals surface area contributed by atoms with Gasteiger partial charge in [-0.05, 0) is 49.2 Å². The normalized spacial score (nSPS) is 10.6. The van der Waals surface area contributed by atoms with Crippen molar-refractivity contribution in [3.63, 3.8) is 0 Å². The quantitative estimate of drug-likeness (QED) is 0.329. The molecule has 0 spiro atoms. The molecule has 0 aliphatic rings. The van der Waals surface area contributed by atoms with Crippen LogP contribution in [0.15, 0.2) is 40.9 Å². The third kappa shape index (κ3) is 6.11. The van der Waals surface area contributed by atoms with Crippen molar-refractivity contribution in [2.45, 2.75) is 26.4 Å². The Morgan fingerprint density at radius 2 is 1.94 bits per heavy atom. The molecule has 0 aliphatic carbocycles. The number of hydrogen-bond donors (Lipinski definition) is 0. The van der Waals surface area contributed by atoms with Crippen molar-refractivity contribution < 1.29 is 28.3 Å². The monoisotopic (exact) mass is 446 g/mol. The maximum absolute atomic E-state index is 12.0. The average Bonchev–Trinajstić information content (AvgIpc) is 3.24. The Morgan fingerprint density at radius 1 is 1.10 bits per heavy atom. The molecule has 2 aromatic carbocycles. The van der Waals surface area contributed by atoms with Gasteiger partial charge in [0.2, 0.25) is 5.82 Å². The molecule has 0 radical (unpaired) electrons. The lowest BCUT2D eigenvalue weighted by molar-refractivity contribution is -0.146. The second kappa shape index (κ2) is 10.7. The van der Waals surface area contributed by atoms with E-state index in [0.717, 1.165) is 11.3 Å². The molecule has 0 saturated carbocycles. The second-order valence-electron chi connectivity index (χ2n) is 6.60. The number of benzene rings is 2. The number of methoxy groups -OCH3 is 2. The minimum atomic E-state index is -0.377. The molecule has 0 aliphatic heterocycles. The number of carbonyl (C=O) groups is 1. The van der Waals surface area contributed by atoms with E-state index in [-0.39, 0.29) is 24.9 Å². The molecule has 0 saturated heterocycles. The maximum atomic E-state index is 12.0. The smallest absolute Gasteiger partial charge is 0.306 e. The van der Waals surface area contributed by atoms with Crippen LogP contribution >= 0.6 is 11.6 Å². The summed E-state index contributed by atoms with van der Waals surface area (Å²) in [5.74, 6) is 2.07. The molecular weight excluding hydrogens is 424 g/mol. The van der Waals surface area contributed by atoms with Crippen molar-refractivity contribution in [2.24, 2.45) is 0 Å². The summed E-state index contributed by atoms with van der Waals surface area (Å²) in [6.07, 6.45) is 0.721. The van der Waals surface area contributed by atoms with Crippen LogP contribution in [0.5, 0.6) is 17.2 Å². The summed E-state index contributed by atoms with van der Waals surface area (Å²) in [6, 6.07) is 10.6. The van der Waals surface area contributed by atoms with E-state index in [2.05, 4.69) is 10.1 Å². The molecule has 0 unspecified atom stereocenters. The molecule has 8 nitrogen and oxygen atoms in total. The van der Waals surface area contributed by atoms with Gasteiger partial charge < -0.3 is 23.5 Å². The summed E-state index contributed by atoms with van der Waals surface area (Å²) >= 11 is 5.92. The Labute approximate surface area is 185 Å². The van der Waals surface area contributed by atoms with Crippen LogP contribution in [0.3, 0.4) is 0 Å². The number of rotatable bonds is 10. The van der Waals surface area contributed by atoms with Crippen LogP contribution in [0, 0.1) is 6.92 Å². The highest BCUT2D eigenvalue weighted by Gasteiger charge is 2.15. The van der Waals surface area contributed by atoms with E-state index in [9.17, 15) is 4.79 Å². The highest BCUT2D eigenvalue weighted by atomic mass is 35.5. The lowest BCUT2D eigenvalue weighted by Gasteiger charge is -2.09. The first-order valence-corrected chi connectivity index (χ1v) is 9.97. The van der Waals surface area contributed by atoms with Gasteiger partial charge in [-0.1, -0.05) is 16.8 Å². The average molecular weight is 447 g/mol. The van der Waals surface area contributed by atoms with Gasteiger partial charge in [-0.3, -0.25) is 4.79 Å². The molecule has 0 fully saturated rings. The number of carbonyl (C=O) groups excluding carboxylic acids is 1. The summed E-state index contributed by atoms with van der Waals surface area (Å²) in [6.45, 7) is 2.19.